The Morgan fingerprint density at radius 1 is 1.12 bits per heavy atom. The van der Waals surface area contributed by atoms with Gasteiger partial charge in [0.05, 0.1) is 17.0 Å². The number of hydrogen-bond acceptors (Lipinski definition) is 5. The van der Waals surface area contributed by atoms with E-state index in [1.165, 1.54) is 16.9 Å². The Hall–Kier alpha value is -3.04. The average Bonchev–Trinajstić information content (AvgIpc) is 3.25. The molecule has 0 fully saturated rings. The molecular weight excluding hydrogens is 464 g/mol. The molecule has 0 atom stereocenters. The van der Waals surface area contributed by atoms with Gasteiger partial charge >= 0.3 is 0 Å². The molecule has 2 aromatic carbocycles. The third-order valence-corrected chi connectivity index (χ3v) is 6.77. The summed E-state index contributed by atoms with van der Waals surface area (Å²) >= 11 is 2.23. The van der Waals surface area contributed by atoms with Gasteiger partial charge in [0.1, 0.15) is 16.3 Å². The highest BCUT2D eigenvalue weighted by Crippen LogP contribution is 2.25. The van der Waals surface area contributed by atoms with Gasteiger partial charge in [0.2, 0.25) is 5.91 Å². The highest BCUT2D eigenvalue weighted by molar-refractivity contribution is 7.99. The first-order valence-electron chi connectivity index (χ1n) is 10.4. The molecule has 9 heteroatoms. The predicted octanol–water partition coefficient (Wildman–Crippen LogP) is 5.80. The van der Waals surface area contributed by atoms with Crippen LogP contribution in [0.25, 0.3) is 15.9 Å². The summed E-state index contributed by atoms with van der Waals surface area (Å²) in [6, 6.07) is 12.2. The molecule has 4 rings (SSSR count). The van der Waals surface area contributed by atoms with Crippen LogP contribution in [0.5, 0.6) is 0 Å². The summed E-state index contributed by atoms with van der Waals surface area (Å²) in [6.45, 7) is 2.14. The summed E-state index contributed by atoms with van der Waals surface area (Å²) in [5.41, 5.74) is 1.94. The molecule has 5 nitrogen and oxygen atoms in total. The van der Waals surface area contributed by atoms with Gasteiger partial charge < -0.3 is 5.32 Å². The maximum atomic E-state index is 13.8. The lowest BCUT2D eigenvalue weighted by Crippen LogP contribution is -2.22. The Morgan fingerprint density at radius 3 is 2.55 bits per heavy atom. The number of amides is 1. The van der Waals surface area contributed by atoms with Gasteiger partial charge in [0, 0.05) is 11.8 Å². The van der Waals surface area contributed by atoms with Crippen LogP contribution in [-0.4, -0.2) is 21.2 Å². The second kappa shape index (κ2) is 10.3. The van der Waals surface area contributed by atoms with Crippen LogP contribution in [0.15, 0.2) is 63.9 Å². The van der Waals surface area contributed by atoms with E-state index in [2.05, 4.69) is 17.2 Å². The van der Waals surface area contributed by atoms with Crippen molar-refractivity contribution >= 4 is 44.9 Å². The molecule has 33 heavy (non-hydrogen) atoms. The molecule has 0 aliphatic heterocycles. The van der Waals surface area contributed by atoms with Gasteiger partial charge in [-0.1, -0.05) is 37.2 Å². The van der Waals surface area contributed by atoms with Crippen molar-refractivity contribution in [3.05, 3.63) is 81.5 Å². The van der Waals surface area contributed by atoms with E-state index in [1.54, 1.807) is 11.4 Å². The summed E-state index contributed by atoms with van der Waals surface area (Å²) in [5, 5.41) is 4.73. The SMILES string of the molecule is CCCCc1ccc(NC(=O)CSc2nc3ccsc3c(=O)n2-c2cc(F)cc(F)c2)cc1. The molecule has 1 N–H and O–H groups in total. The zero-order chi connectivity index (χ0) is 23.4. The molecule has 4 aromatic rings. The molecule has 0 aliphatic carbocycles. The summed E-state index contributed by atoms with van der Waals surface area (Å²) in [4.78, 5) is 30.0. The quantitative estimate of drug-likeness (QED) is 0.253. The lowest BCUT2D eigenvalue weighted by molar-refractivity contribution is -0.113. The zero-order valence-electron chi connectivity index (χ0n) is 17.8. The second-order valence-corrected chi connectivity index (χ2v) is 9.29. The first-order chi connectivity index (χ1) is 15.9. The monoisotopic (exact) mass is 485 g/mol. The number of thioether (sulfide) groups is 1. The van der Waals surface area contributed by atoms with Crippen LogP contribution in [0.2, 0.25) is 0 Å². The fraction of sp³-hybridized carbons (Fsp3) is 0.208. The number of carbonyl (C=O) groups excluding carboxylic acids is 1. The van der Waals surface area contributed by atoms with Gasteiger partial charge in [0.25, 0.3) is 5.56 Å². The molecule has 0 aliphatic rings. The number of aryl methyl sites for hydroxylation is 1. The number of hydrogen-bond donors (Lipinski definition) is 1. The van der Waals surface area contributed by atoms with E-state index in [4.69, 9.17) is 0 Å². The highest BCUT2D eigenvalue weighted by atomic mass is 32.2. The van der Waals surface area contributed by atoms with Crippen molar-refractivity contribution in [1.29, 1.82) is 0 Å². The second-order valence-electron chi connectivity index (χ2n) is 7.43. The molecule has 2 aromatic heterocycles. The molecule has 0 spiro atoms. The minimum absolute atomic E-state index is 0.0193. The molecule has 170 valence electrons. The van der Waals surface area contributed by atoms with E-state index in [-0.39, 0.29) is 22.5 Å². The van der Waals surface area contributed by atoms with Crippen molar-refractivity contribution in [1.82, 2.24) is 9.55 Å². The van der Waals surface area contributed by atoms with Crippen molar-refractivity contribution in [2.24, 2.45) is 0 Å². The Bertz CT molecular complexity index is 1330. The Labute approximate surface area is 197 Å². The molecule has 1 amide bonds. The van der Waals surface area contributed by atoms with Crippen LogP contribution in [0.1, 0.15) is 25.3 Å². The van der Waals surface area contributed by atoms with Gasteiger partial charge in [-0.05, 0) is 54.1 Å². The normalized spacial score (nSPS) is 11.1. The Kier molecular flexibility index (Phi) is 7.20. The molecule has 0 saturated carbocycles. The first-order valence-corrected chi connectivity index (χ1v) is 12.3. The average molecular weight is 486 g/mol. The minimum Gasteiger partial charge on any atom is -0.325 e. The molecule has 2 heterocycles. The van der Waals surface area contributed by atoms with E-state index in [0.717, 1.165) is 53.8 Å². The highest BCUT2D eigenvalue weighted by Gasteiger charge is 2.17. The van der Waals surface area contributed by atoms with Crippen molar-refractivity contribution in [2.45, 2.75) is 31.3 Å². The lowest BCUT2D eigenvalue weighted by Gasteiger charge is -2.12. The third kappa shape index (κ3) is 5.48. The van der Waals surface area contributed by atoms with Gasteiger partial charge in [0.15, 0.2) is 5.16 Å². The predicted molar refractivity (Wildman–Crippen MR) is 130 cm³/mol. The van der Waals surface area contributed by atoms with Crippen molar-refractivity contribution in [2.75, 3.05) is 11.1 Å². The van der Waals surface area contributed by atoms with E-state index in [0.29, 0.717) is 15.9 Å². The standard InChI is InChI=1S/C24H21F2N3O2S2/c1-2-3-4-15-5-7-18(8-6-15)27-21(30)14-33-24-28-20-9-10-32-22(20)23(31)29(24)19-12-16(25)11-17(26)13-19/h5-13H,2-4,14H2,1H3,(H,27,30). The Morgan fingerprint density at radius 2 is 1.85 bits per heavy atom. The number of nitrogens with one attached hydrogen (secondary N) is 1. The van der Waals surface area contributed by atoms with Crippen LogP contribution in [0.4, 0.5) is 14.5 Å². The molecule has 0 radical (unpaired) electrons. The summed E-state index contributed by atoms with van der Waals surface area (Å²) in [5.74, 6) is -1.92. The molecular formula is C24H21F2N3O2S2. The summed E-state index contributed by atoms with van der Waals surface area (Å²) in [7, 11) is 0. The maximum Gasteiger partial charge on any atom is 0.276 e. The Balaban J connectivity index is 1.55. The number of aromatic nitrogens is 2. The number of nitrogens with zero attached hydrogens (tertiary/aromatic N) is 2. The van der Waals surface area contributed by atoms with Crippen molar-refractivity contribution in [3.8, 4) is 5.69 Å². The number of unbranched alkanes of at least 4 members (excludes halogenated alkanes) is 1. The summed E-state index contributed by atoms with van der Waals surface area (Å²) in [6.07, 6.45) is 3.23. The summed E-state index contributed by atoms with van der Waals surface area (Å²) < 4.78 is 29.2. The van der Waals surface area contributed by atoms with Crippen molar-refractivity contribution < 1.29 is 13.6 Å². The number of benzene rings is 2. The lowest BCUT2D eigenvalue weighted by atomic mass is 10.1. The molecule has 0 saturated heterocycles. The van der Waals surface area contributed by atoms with Gasteiger partial charge in [-0.15, -0.1) is 11.3 Å². The number of halogens is 2. The minimum atomic E-state index is -0.806. The largest absolute Gasteiger partial charge is 0.325 e. The molecule has 0 bridgehead atoms. The third-order valence-electron chi connectivity index (χ3n) is 4.94. The number of thiophene rings is 1. The number of carbonyl (C=O) groups is 1. The maximum absolute atomic E-state index is 13.8. The number of anilines is 1. The number of rotatable bonds is 8. The first kappa shape index (κ1) is 23.1. The van der Waals surface area contributed by atoms with Gasteiger partial charge in [-0.25, -0.2) is 13.8 Å². The topological polar surface area (TPSA) is 64.0 Å². The number of fused-ring (bicyclic) bond motifs is 1. The van der Waals surface area contributed by atoms with E-state index < -0.39 is 17.2 Å². The zero-order valence-corrected chi connectivity index (χ0v) is 19.4. The van der Waals surface area contributed by atoms with Crippen LogP contribution in [0, 0.1) is 11.6 Å². The van der Waals surface area contributed by atoms with Crippen LogP contribution >= 0.6 is 23.1 Å². The fourth-order valence-electron chi connectivity index (χ4n) is 3.35. The smallest absolute Gasteiger partial charge is 0.276 e. The van der Waals surface area contributed by atoms with Crippen molar-refractivity contribution in [3.63, 3.8) is 0 Å². The van der Waals surface area contributed by atoms with E-state index >= 15 is 0 Å². The van der Waals surface area contributed by atoms with Gasteiger partial charge in [-0.2, -0.15) is 0 Å². The van der Waals surface area contributed by atoms with E-state index in [1.807, 2.05) is 24.3 Å². The van der Waals surface area contributed by atoms with Crippen LogP contribution < -0.4 is 10.9 Å². The van der Waals surface area contributed by atoms with Crippen LogP contribution in [-0.2, 0) is 11.2 Å². The fourth-order valence-corrected chi connectivity index (χ4v) is 4.92. The van der Waals surface area contributed by atoms with Crippen LogP contribution in [0.3, 0.4) is 0 Å². The van der Waals surface area contributed by atoms with E-state index in [9.17, 15) is 18.4 Å². The van der Waals surface area contributed by atoms with Gasteiger partial charge in [-0.3, -0.25) is 14.2 Å². The molecule has 0 unspecified atom stereocenters.